The van der Waals surface area contributed by atoms with E-state index in [9.17, 15) is 18.0 Å². The van der Waals surface area contributed by atoms with Gasteiger partial charge in [0.2, 0.25) is 0 Å². The van der Waals surface area contributed by atoms with Gasteiger partial charge in [-0.1, -0.05) is 6.92 Å². The van der Waals surface area contributed by atoms with Crippen molar-refractivity contribution in [2.75, 3.05) is 6.54 Å². The highest BCUT2D eigenvalue weighted by Gasteiger charge is 2.14. The number of benzene rings is 1. The second-order valence-electron chi connectivity index (χ2n) is 3.01. The number of rotatable bonds is 3. The van der Waals surface area contributed by atoms with E-state index in [0.717, 1.165) is 0 Å². The van der Waals surface area contributed by atoms with Gasteiger partial charge in [0.1, 0.15) is 0 Å². The molecule has 1 amide bonds. The SMILES string of the molecule is CCCNC(=O)c1cc(F)c(F)c(F)c1. The first-order valence-electron chi connectivity index (χ1n) is 4.49. The molecule has 1 N–H and O–H groups in total. The van der Waals surface area contributed by atoms with Crippen molar-refractivity contribution in [3.8, 4) is 0 Å². The average Bonchev–Trinajstić information content (AvgIpc) is 2.21. The molecule has 0 heterocycles. The monoisotopic (exact) mass is 217 g/mol. The van der Waals surface area contributed by atoms with Crippen molar-refractivity contribution < 1.29 is 18.0 Å². The van der Waals surface area contributed by atoms with E-state index >= 15 is 0 Å². The normalized spacial score (nSPS) is 10.1. The zero-order valence-electron chi connectivity index (χ0n) is 8.11. The predicted octanol–water partition coefficient (Wildman–Crippen LogP) is 2.24. The Morgan fingerprint density at radius 3 is 2.27 bits per heavy atom. The number of hydrogen-bond donors (Lipinski definition) is 1. The summed E-state index contributed by atoms with van der Waals surface area (Å²) in [7, 11) is 0. The van der Waals surface area contributed by atoms with Gasteiger partial charge in [-0.05, 0) is 18.6 Å². The Balaban J connectivity index is 2.91. The largest absolute Gasteiger partial charge is 0.352 e. The number of carbonyl (C=O) groups is 1. The molecule has 1 aromatic carbocycles. The Morgan fingerprint density at radius 2 is 1.80 bits per heavy atom. The van der Waals surface area contributed by atoms with Crippen LogP contribution in [0.3, 0.4) is 0 Å². The van der Waals surface area contributed by atoms with Crippen LogP contribution in [0, 0.1) is 17.5 Å². The maximum Gasteiger partial charge on any atom is 0.251 e. The van der Waals surface area contributed by atoms with E-state index in [1.165, 1.54) is 0 Å². The third-order valence-corrected chi connectivity index (χ3v) is 1.78. The van der Waals surface area contributed by atoms with Crippen LogP contribution >= 0.6 is 0 Å². The van der Waals surface area contributed by atoms with E-state index in [-0.39, 0.29) is 5.56 Å². The lowest BCUT2D eigenvalue weighted by molar-refractivity contribution is 0.0952. The van der Waals surface area contributed by atoms with E-state index < -0.39 is 23.4 Å². The van der Waals surface area contributed by atoms with E-state index in [0.29, 0.717) is 25.1 Å². The second kappa shape index (κ2) is 4.82. The molecule has 0 atom stereocenters. The summed E-state index contributed by atoms with van der Waals surface area (Å²) < 4.78 is 38.0. The molecular weight excluding hydrogens is 207 g/mol. The molecule has 0 radical (unpaired) electrons. The molecule has 0 aliphatic heterocycles. The zero-order chi connectivity index (χ0) is 11.4. The molecular formula is C10H10F3NO. The third-order valence-electron chi connectivity index (χ3n) is 1.78. The van der Waals surface area contributed by atoms with Gasteiger partial charge in [0.25, 0.3) is 5.91 Å². The highest BCUT2D eigenvalue weighted by Crippen LogP contribution is 2.13. The summed E-state index contributed by atoms with van der Waals surface area (Å²) in [5.74, 6) is -4.91. The molecule has 82 valence electrons. The van der Waals surface area contributed by atoms with Crippen LogP contribution in [0.4, 0.5) is 13.2 Å². The Kier molecular flexibility index (Phi) is 3.71. The minimum Gasteiger partial charge on any atom is -0.352 e. The molecule has 0 spiro atoms. The molecule has 0 aromatic heterocycles. The number of nitrogens with one attached hydrogen (secondary N) is 1. The fourth-order valence-corrected chi connectivity index (χ4v) is 1.03. The van der Waals surface area contributed by atoms with Crippen LogP contribution in [0.15, 0.2) is 12.1 Å². The maximum absolute atomic E-state index is 12.7. The van der Waals surface area contributed by atoms with Gasteiger partial charge in [-0.3, -0.25) is 4.79 Å². The number of carbonyl (C=O) groups excluding carboxylic acids is 1. The van der Waals surface area contributed by atoms with Crippen molar-refractivity contribution >= 4 is 5.91 Å². The van der Waals surface area contributed by atoms with Crippen molar-refractivity contribution in [3.05, 3.63) is 35.1 Å². The molecule has 1 rings (SSSR count). The van der Waals surface area contributed by atoms with Gasteiger partial charge in [-0.2, -0.15) is 0 Å². The van der Waals surface area contributed by atoms with Crippen molar-refractivity contribution in [2.24, 2.45) is 0 Å². The fraction of sp³-hybridized carbons (Fsp3) is 0.300. The topological polar surface area (TPSA) is 29.1 Å². The van der Waals surface area contributed by atoms with Crippen molar-refractivity contribution in [1.82, 2.24) is 5.32 Å². The molecule has 0 aliphatic rings. The first-order valence-corrected chi connectivity index (χ1v) is 4.49. The molecule has 2 nitrogen and oxygen atoms in total. The standard InChI is InChI=1S/C10H10F3NO/c1-2-3-14-10(15)6-4-7(11)9(13)8(12)5-6/h4-5H,2-3H2,1H3,(H,14,15). The molecule has 15 heavy (non-hydrogen) atoms. The summed E-state index contributed by atoms with van der Waals surface area (Å²) in [6.07, 6.45) is 0.706. The Bertz CT molecular complexity index is 356. The second-order valence-corrected chi connectivity index (χ2v) is 3.01. The Labute approximate surface area is 85.1 Å². The van der Waals surface area contributed by atoms with Crippen LogP contribution in [0.5, 0.6) is 0 Å². The quantitative estimate of drug-likeness (QED) is 0.773. The molecule has 5 heteroatoms. The Hall–Kier alpha value is -1.52. The molecule has 0 aliphatic carbocycles. The summed E-state index contributed by atoms with van der Waals surface area (Å²) in [6.45, 7) is 2.24. The lowest BCUT2D eigenvalue weighted by Gasteiger charge is -2.04. The predicted molar refractivity (Wildman–Crippen MR) is 48.9 cm³/mol. The summed E-state index contributed by atoms with van der Waals surface area (Å²) in [5, 5.41) is 2.43. The van der Waals surface area contributed by atoms with Gasteiger partial charge in [-0.25, -0.2) is 13.2 Å². The third kappa shape index (κ3) is 2.71. The smallest absolute Gasteiger partial charge is 0.251 e. The summed E-state index contributed by atoms with van der Waals surface area (Å²) in [5.41, 5.74) is -0.222. The van der Waals surface area contributed by atoms with Gasteiger partial charge in [0, 0.05) is 12.1 Å². The van der Waals surface area contributed by atoms with E-state index in [2.05, 4.69) is 5.32 Å². The van der Waals surface area contributed by atoms with Crippen molar-refractivity contribution in [1.29, 1.82) is 0 Å². The first kappa shape index (κ1) is 11.6. The molecule has 1 aromatic rings. The van der Waals surface area contributed by atoms with Crippen LogP contribution < -0.4 is 5.32 Å². The molecule has 0 fully saturated rings. The van der Waals surface area contributed by atoms with E-state index in [4.69, 9.17) is 0 Å². The summed E-state index contributed by atoms with van der Waals surface area (Å²) >= 11 is 0. The highest BCUT2D eigenvalue weighted by atomic mass is 19.2. The van der Waals surface area contributed by atoms with Gasteiger partial charge < -0.3 is 5.32 Å². The van der Waals surface area contributed by atoms with E-state index in [1.54, 1.807) is 0 Å². The average molecular weight is 217 g/mol. The van der Waals surface area contributed by atoms with Crippen LogP contribution in [0.1, 0.15) is 23.7 Å². The van der Waals surface area contributed by atoms with Crippen molar-refractivity contribution in [2.45, 2.75) is 13.3 Å². The van der Waals surface area contributed by atoms with Crippen LogP contribution in [-0.2, 0) is 0 Å². The first-order chi connectivity index (χ1) is 7.06. The minimum absolute atomic E-state index is 0.222. The van der Waals surface area contributed by atoms with Crippen LogP contribution in [0.25, 0.3) is 0 Å². The van der Waals surface area contributed by atoms with Crippen LogP contribution in [0.2, 0.25) is 0 Å². The lowest BCUT2D eigenvalue weighted by Crippen LogP contribution is -2.24. The zero-order valence-corrected chi connectivity index (χ0v) is 8.11. The van der Waals surface area contributed by atoms with Gasteiger partial charge >= 0.3 is 0 Å². The Morgan fingerprint density at radius 1 is 1.27 bits per heavy atom. The van der Waals surface area contributed by atoms with Gasteiger partial charge in [-0.15, -0.1) is 0 Å². The summed E-state index contributed by atoms with van der Waals surface area (Å²) in [6, 6.07) is 1.34. The molecule has 0 unspecified atom stereocenters. The molecule has 0 saturated heterocycles. The lowest BCUT2D eigenvalue weighted by atomic mass is 10.2. The highest BCUT2D eigenvalue weighted by molar-refractivity contribution is 5.94. The van der Waals surface area contributed by atoms with Gasteiger partial charge in [0.15, 0.2) is 17.5 Å². The maximum atomic E-state index is 12.7. The van der Waals surface area contributed by atoms with Crippen molar-refractivity contribution in [3.63, 3.8) is 0 Å². The van der Waals surface area contributed by atoms with Crippen LogP contribution in [-0.4, -0.2) is 12.5 Å². The molecule has 0 saturated carbocycles. The number of amides is 1. The van der Waals surface area contributed by atoms with E-state index in [1.807, 2.05) is 6.92 Å². The number of halogens is 3. The molecule has 0 bridgehead atoms. The fourth-order valence-electron chi connectivity index (χ4n) is 1.03. The van der Waals surface area contributed by atoms with Gasteiger partial charge in [0.05, 0.1) is 0 Å². The summed E-state index contributed by atoms with van der Waals surface area (Å²) in [4.78, 5) is 11.3. The number of hydrogen-bond acceptors (Lipinski definition) is 1. The minimum atomic E-state index is -1.57.